The Morgan fingerprint density at radius 3 is 1.24 bits per heavy atom. The fourth-order valence-corrected chi connectivity index (χ4v) is 12.4. The molecule has 0 nitrogen and oxygen atoms in total. The molecule has 0 heteroatoms. The van der Waals surface area contributed by atoms with Crippen LogP contribution in [0.5, 0.6) is 0 Å². The quantitative estimate of drug-likeness (QED) is 0.152. The molecule has 0 unspecified atom stereocenters. The second-order valence-corrected chi connectivity index (χ2v) is 18.5. The van der Waals surface area contributed by atoms with Crippen LogP contribution in [-0.4, -0.2) is 0 Å². The molecular formula is C66H40. The van der Waals surface area contributed by atoms with Crippen LogP contribution >= 0.6 is 0 Å². The number of benzene rings is 14. The Morgan fingerprint density at radius 1 is 0.212 bits per heavy atom. The molecule has 0 spiro atoms. The Hall–Kier alpha value is -8.32. The minimum atomic E-state index is 1.04. The Labute approximate surface area is 382 Å². The minimum absolute atomic E-state index is 1.04. The lowest BCUT2D eigenvalue weighted by atomic mass is 9.75. The van der Waals surface area contributed by atoms with Crippen molar-refractivity contribution in [3.63, 3.8) is 0 Å². The Morgan fingerprint density at radius 2 is 0.636 bits per heavy atom. The van der Waals surface area contributed by atoms with Crippen LogP contribution < -0.4 is 0 Å². The van der Waals surface area contributed by atoms with Gasteiger partial charge in [-0.15, -0.1) is 0 Å². The van der Waals surface area contributed by atoms with Crippen molar-refractivity contribution in [1.29, 1.82) is 0 Å². The van der Waals surface area contributed by atoms with E-state index < -0.39 is 0 Å². The highest BCUT2D eigenvalue weighted by Crippen LogP contribution is 2.55. The topological polar surface area (TPSA) is 0 Å². The zero-order valence-corrected chi connectivity index (χ0v) is 36.2. The molecule has 0 saturated carbocycles. The van der Waals surface area contributed by atoms with Crippen LogP contribution in [0.3, 0.4) is 0 Å². The fourth-order valence-electron chi connectivity index (χ4n) is 12.4. The molecule has 0 radical (unpaired) electrons. The summed E-state index contributed by atoms with van der Waals surface area (Å²) in [5.74, 6) is 0. The van der Waals surface area contributed by atoms with Gasteiger partial charge in [-0.1, -0.05) is 212 Å². The molecule has 1 aliphatic rings. The number of aryl methyl sites for hydroxylation is 2. The average molecular weight is 833 g/mol. The Bertz CT molecular complexity index is 4280. The van der Waals surface area contributed by atoms with Gasteiger partial charge in [0.15, 0.2) is 0 Å². The van der Waals surface area contributed by atoms with E-state index >= 15 is 0 Å². The van der Waals surface area contributed by atoms with Crippen LogP contribution in [0.2, 0.25) is 0 Å². The van der Waals surface area contributed by atoms with Crippen LogP contribution in [0.25, 0.3) is 142 Å². The highest BCUT2D eigenvalue weighted by molar-refractivity contribution is 6.29. The molecule has 0 atom stereocenters. The van der Waals surface area contributed by atoms with Gasteiger partial charge >= 0.3 is 0 Å². The molecule has 0 bridgehead atoms. The van der Waals surface area contributed by atoms with Gasteiger partial charge in [-0.05, 0) is 172 Å². The first-order chi connectivity index (χ1) is 32.7. The molecule has 66 heavy (non-hydrogen) atoms. The smallest absolute Gasteiger partial charge is 0.000785 e. The third-order valence-electron chi connectivity index (χ3n) is 15.2. The molecule has 0 aromatic heterocycles. The predicted octanol–water partition coefficient (Wildman–Crippen LogP) is 18.2. The SMILES string of the molecule is c1ccc(-c2cc(-c3ccc4ccc5cccc6ccc3c4c56)c(-c3ccccc3)c(-c3ccc4c5c3ccc3cccc(c35)CC4)c2-c2ccc3ccc4cccc5ccc2c3c45)cc1. The zero-order chi connectivity index (χ0) is 43.0. The van der Waals surface area contributed by atoms with E-state index in [9.17, 15) is 0 Å². The largest absolute Gasteiger partial charge is 0.0622 e. The lowest BCUT2D eigenvalue weighted by Crippen LogP contribution is -2.03. The number of hydrogen-bond donors (Lipinski definition) is 0. The molecule has 0 N–H and O–H groups in total. The molecule has 0 aliphatic heterocycles. The van der Waals surface area contributed by atoms with E-state index in [0.29, 0.717) is 0 Å². The highest BCUT2D eigenvalue weighted by Gasteiger charge is 2.29. The van der Waals surface area contributed by atoms with E-state index in [-0.39, 0.29) is 0 Å². The first-order valence-electron chi connectivity index (χ1n) is 23.4. The normalized spacial score (nSPS) is 12.7. The molecule has 15 rings (SSSR count). The molecule has 304 valence electrons. The third-order valence-corrected chi connectivity index (χ3v) is 15.2. The summed E-state index contributed by atoms with van der Waals surface area (Å²) in [7, 11) is 0. The summed E-state index contributed by atoms with van der Waals surface area (Å²) in [6, 6.07) is 83.3. The zero-order valence-electron chi connectivity index (χ0n) is 36.2. The maximum atomic E-state index is 2.55. The average Bonchev–Trinajstić information content (AvgIpc) is 3.38. The first kappa shape index (κ1) is 36.1. The molecule has 0 saturated heterocycles. The van der Waals surface area contributed by atoms with Crippen molar-refractivity contribution in [1.82, 2.24) is 0 Å². The molecule has 0 fully saturated rings. The molecule has 0 amide bonds. The summed E-state index contributed by atoms with van der Waals surface area (Å²) >= 11 is 0. The van der Waals surface area contributed by atoms with E-state index in [1.54, 1.807) is 0 Å². The van der Waals surface area contributed by atoms with Crippen LogP contribution in [0, 0.1) is 0 Å². The lowest BCUT2D eigenvalue weighted by Gasteiger charge is -2.28. The standard InChI is InChI=1S/C66H40/c1-3-10-39(11-4-1)56-38-57(50-32-26-47-23-20-41-14-7-17-44-27-33-51(50)61(47)58(41)44)64(40-12-5-2-6-13-40)66(55-37-31-49-25-22-43-16-9-19-46-29-35-53(55)63(49)60(43)46)65(56)54-36-30-48-24-21-42-15-8-18-45-28-34-52(54)62(48)59(42)45/h1-21,23-24,26-38H,22,25H2. The van der Waals surface area contributed by atoms with Gasteiger partial charge in [0.25, 0.3) is 0 Å². The molecule has 14 aromatic carbocycles. The van der Waals surface area contributed by atoms with E-state index in [1.807, 2.05) is 0 Å². The first-order valence-corrected chi connectivity index (χ1v) is 23.4. The van der Waals surface area contributed by atoms with Crippen molar-refractivity contribution in [3.8, 4) is 55.6 Å². The van der Waals surface area contributed by atoms with Crippen LogP contribution in [0.1, 0.15) is 11.1 Å². The van der Waals surface area contributed by atoms with E-state index in [0.717, 1.165) is 12.8 Å². The summed E-state index contributed by atoms with van der Waals surface area (Å²) < 4.78 is 0. The van der Waals surface area contributed by atoms with Crippen LogP contribution in [0.4, 0.5) is 0 Å². The highest BCUT2D eigenvalue weighted by atomic mass is 14.3. The fraction of sp³-hybridized carbons (Fsp3) is 0.0303. The Balaban J connectivity index is 1.19. The second-order valence-electron chi connectivity index (χ2n) is 18.5. The van der Waals surface area contributed by atoms with Gasteiger partial charge in [0.2, 0.25) is 0 Å². The maximum Gasteiger partial charge on any atom is -0.000785 e. The van der Waals surface area contributed by atoms with Crippen LogP contribution in [-0.2, 0) is 12.8 Å². The van der Waals surface area contributed by atoms with Gasteiger partial charge in [-0.25, -0.2) is 0 Å². The Kier molecular flexibility index (Phi) is 7.43. The van der Waals surface area contributed by atoms with Gasteiger partial charge in [0, 0.05) is 0 Å². The molecule has 14 aromatic rings. The van der Waals surface area contributed by atoms with E-state index in [4.69, 9.17) is 0 Å². The second kappa shape index (κ2) is 13.6. The number of hydrogen-bond acceptors (Lipinski definition) is 0. The molecular weight excluding hydrogens is 793 g/mol. The van der Waals surface area contributed by atoms with Crippen molar-refractivity contribution >= 4 is 86.2 Å². The number of rotatable bonds is 5. The van der Waals surface area contributed by atoms with Crippen LogP contribution in [0.15, 0.2) is 218 Å². The summed E-state index contributed by atoms with van der Waals surface area (Å²) in [6.45, 7) is 0. The van der Waals surface area contributed by atoms with Gasteiger partial charge in [0.05, 0.1) is 0 Å². The summed E-state index contributed by atoms with van der Waals surface area (Å²) in [5.41, 5.74) is 15.3. The van der Waals surface area contributed by atoms with Crippen molar-refractivity contribution in [2.75, 3.05) is 0 Å². The predicted molar refractivity (Wildman–Crippen MR) is 283 cm³/mol. The van der Waals surface area contributed by atoms with E-state index in [2.05, 4.69) is 218 Å². The van der Waals surface area contributed by atoms with Crippen molar-refractivity contribution in [3.05, 3.63) is 230 Å². The molecule has 1 aliphatic carbocycles. The third kappa shape index (κ3) is 4.99. The minimum Gasteiger partial charge on any atom is -0.0622 e. The molecule has 0 heterocycles. The summed E-state index contributed by atoms with van der Waals surface area (Å²) in [5, 5.41) is 21.0. The van der Waals surface area contributed by atoms with Gasteiger partial charge in [0.1, 0.15) is 0 Å². The lowest BCUT2D eigenvalue weighted by molar-refractivity contribution is 0.968. The van der Waals surface area contributed by atoms with Crippen molar-refractivity contribution in [2.45, 2.75) is 12.8 Å². The summed E-state index contributed by atoms with van der Waals surface area (Å²) in [6.07, 6.45) is 2.10. The van der Waals surface area contributed by atoms with Crippen molar-refractivity contribution in [2.24, 2.45) is 0 Å². The van der Waals surface area contributed by atoms with Crippen molar-refractivity contribution < 1.29 is 0 Å². The van der Waals surface area contributed by atoms with Gasteiger partial charge in [-0.2, -0.15) is 0 Å². The maximum absolute atomic E-state index is 2.55. The van der Waals surface area contributed by atoms with E-state index in [1.165, 1.54) is 153 Å². The van der Waals surface area contributed by atoms with Gasteiger partial charge in [-0.3, -0.25) is 0 Å². The monoisotopic (exact) mass is 832 g/mol. The van der Waals surface area contributed by atoms with Gasteiger partial charge < -0.3 is 0 Å². The summed E-state index contributed by atoms with van der Waals surface area (Å²) in [4.78, 5) is 0.